The van der Waals surface area contributed by atoms with Crippen LogP contribution in [-0.2, 0) is 4.79 Å². The summed E-state index contributed by atoms with van der Waals surface area (Å²) in [5.41, 5.74) is 6.55. The van der Waals surface area contributed by atoms with Crippen LogP contribution in [0, 0.1) is 5.92 Å². The van der Waals surface area contributed by atoms with Crippen molar-refractivity contribution < 1.29 is 9.59 Å². The SMILES string of the molecule is Nc1cnc(Cl)cc1C(=O)N1CCC2NC(=O)CCC2C1. The van der Waals surface area contributed by atoms with E-state index in [1.165, 1.54) is 12.3 Å². The molecule has 0 radical (unpaired) electrons. The summed E-state index contributed by atoms with van der Waals surface area (Å²) in [6, 6.07) is 1.70. The lowest BCUT2D eigenvalue weighted by Gasteiger charge is -2.41. The molecule has 6 nitrogen and oxygen atoms in total. The number of fused-ring (bicyclic) bond motifs is 1. The number of piperidine rings is 2. The van der Waals surface area contributed by atoms with Crippen LogP contribution in [0.2, 0.25) is 5.15 Å². The van der Waals surface area contributed by atoms with Crippen molar-refractivity contribution in [2.75, 3.05) is 18.8 Å². The zero-order chi connectivity index (χ0) is 15.0. The Kier molecular flexibility index (Phi) is 3.71. The summed E-state index contributed by atoms with van der Waals surface area (Å²) >= 11 is 5.84. The number of rotatable bonds is 1. The third-order valence-electron chi connectivity index (χ3n) is 4.24. The Hall–Kier alpha value is -1.82. The van der Waals surface area contributed by atoms with Gasteiger partial charge in [0.15, 0.2) is 0 Å². The first-order valence-electron chi connectivity index (χ1n) is 7.04. The molecule has 2 amide bonds. The molecule has 0 spiro atoms. The van der Waals surface area contributed by atoms with Crippen LogP contribution in [0.1, 0.15) is 29.6 Å². The number of anilines is 1. The number of hydrogen-bond donors (Lipinski definition) is 2. The van der Waals surface area contributed by atoms with Gasteiger partial charge in [-0.3, -0.25) is 9.59 Å². The van der Waals surface area contributed by atoms with Crippen LogP contribution in [0.15, 0.2) is 12.3 Å². The highest BCUT2D eigenvalue weighted by Gasteiger charge is 2.35. The van der Waals surface area contributed by atoms with Gasteiger partial charge >= 0.3 is 0 Å². The van der Waals surface area contributed by atoms with Crippen LogP contribution in [0.5, 0.6) is 0 Å². The number of carbonyl (C=O) groups excluding carboxylic acids is 2. The number of aromatic nitrogens is 1. The first-order valence-corrected chi connectivity index (χ1v) is 7.42. The summed E-state index contributed by atoms with van der Waals surface area (Å²) in [6.07, 6.45) is 3.54. The van der Waals surface area contributed by atoms with Crippen molar-refractivity contribution in [3.63, 3.8) is 0 Å². The largest absolute Gasteiger partial charge is 0.397 e. The van der Waals surface area contributed by atoms with E-state index < -0.39 is 0 Å². The number of nitrogens with one attached hydrogen (secondary N) is 1. The fourth-order valence-electron chi connectivity index (χ4n) is 3.09. The number of pyridine rings is 1. The van der Waals surface area contributed by atoms with Gasteiger partial charge in [0.1, 0.15) is 5.15 Å². The number of nitrogen functional groups attached to an aromatic ring is 1. The van der Waals surface area contributed by atoms with Gasteiger partial charge in [-0.15, -0.1) is 0 Å². The van der Waals surface area contributed by atoms with Crippen molar-refractivity contribution in [2.24, 2.45) is 5.92 Å². The lowest BCUT2D eigenvalue weighted by Crippen LogP contribution is -2.55. The summed E-state index contributed by atoms with van der Waals surface area (Å²) < 4.78 is 0. The molecule has 2 aliphatic rings. The van der Waals surface area contributed by atoms with Crippen LogP contribution in [0.25, 0.3) is 0 Å². The molecule has 2 atom stereocenters. The number of amides is 2. The molecule has 3 N–H and O–H groups in total. The maximum atomic E-state index is 12.6. The molecule has 0 saturated carbocycles. The lowest BCUT2D eigenvalue weighted by atomic mass is 9.85. The Morgan fingerprint density at radius 3 is 3.10 bits per heavy atom. The Morgan fingerprint density at radius 2 is 2.29 bits per heavy atom. The Balaban J connectivity index is 1.74. The highest BCUT2D eigenvalue weighted by atomic mass is 35.5. The molecule has 0 aliphatic carbocycles. The smallest absolute Gasteiger partial charge is 0.256 e. The van der Waals surface area contributed by atoms with Crippen molar-refractivity contribution >= 4 is 29.1 Å². The molecule has 0 aromatic carbocycles. The third-order valence-corrected chi connectivity index (χ3v) is 4.45. The van der Waals surface area contributed by atoms with E-state index in [1.807, 2.05) is 0 Å². The average Bonchev–Trinajstić information content (AvgIpc) is 2.48. The molecule has 2 fully saturated rings. The summed E-state index contributed by atoms with van der Waals surface area (Å²) in [6.45, 7) is 1.25. The van der Waals surface area contributed by atoms with Gasteiger partial charge < -0.3 is 16.0 Å². The van der Waals surface area contributed by atoms with E-state index in [2.05, 4.69) is 10.3 Å². The molecule has 7 heteroatoms. The van der Waals surface area contributed by atoms with Crippen molar-refractivity contribution in [3.8, 4) is 0 Å². The van der Waals surface area contributed by atoms with E-state index in [0.29, 0.717) is 36.7 Å². The average molecular weight is 309 g/mol. The lowest BCUT2D eigenvalue weighted by molar-refractivity contribution is -0.125. The highest BCUT2D eigenvalue weighted by Crippen LogP contribution is 2.27. The monoisotopic (exact) mass is 308 g/mol. The second-order valence-corrected chi connectivity index (χ2v) is 5.99. The van der Waals surface area contributed by atoms with Gasteiger partial charge in [-0.05, 0) is 24.8 Å². The van der Waals surface area contributed by atoms with E-state index in [1.54, 1.807) is 4.90 Å². The fraction of sp³-hybridized carbons (Fsp3) is 0.500. The van der Waals surface area contributed by atoms with Gasteiger partial charge in [-0.1, -0.05) is 11.6 Å². The predicted octanol–water partition coefficient (Wildman–Crippen LogP) is 1.06. The number of nitrogens with two attached hydrogens (primary N) is 1. The van der Waals surface area contributed by atoms with Gasteiger partial charge in [0.05, 0.1) is 17.4 Å². The summed E-state index contributed by atoms with van der Waals surface area (Å²) in [5.74, 6) is 0.312. The van der Waals surface area contributed by atoms with E-state index in [-0.39, 0.29) is 23.0 Å². The quantitative estimate of drug-likeness (QED) is 0.759. The maximum Gasteiger partial charge on any atom is 0.256 e. The Morgan fingerprint density at radius 1 is 1.48 bits per heavy atom. The maximum absolute atomic E-state index is 12.6. The predicted molar refractivity (Wildman–Crippen MR) is 78.8 cm³/mol. The molecule has 3 heterocycles. The minimum absolute atomic E-state index is 0.112. The summed E-state index contributed by atoms with van der Waals surface area (Å²) in [7, 11) is 0. The molecular weight excluding hydrogens is 292 g/mol. The topological polar surface area (TPSA) is 88.3 Å². The van der Waals surface area contributed by atoms with Crippen molar-refractivity contribution in [3.05, 3.63) is 23.0 Å². The Bertz CT molecular complexity index is 592. The third kappa shape index (κ3) is 2.81. The van der Waals surface area contributed by atoms with Crippen molar-refractivity contribution in [1.82, 2.24) is 15.2 Å². The van der Waals surface area contributed by atoms with E-state index >= 15 is 0 Å². The van der Waals surface area contributed by atoms with Crippen molar-refractivity contribution in [2.45, 2.75) is 25.3 Å². The molecular formula is C14H17ClN4O2. The zero-order valence-corrected chi connectivity index (χ0v) is 12.3. The minimum Gasteiger partial charge on any atom is -0.397 e. The van der Waals surface area contributed by atoms with Gasteiger partial charge in [0.25, 0.3) is 5.91 Å². The molecule has 2 aliphatic heterocycles. The number of hydrogen-bond acceptors (Lipinski definition) is 4. The van der Waals surface area contributed by atoms with Gasteiger partial charge in [-0.25, -0.2) is 4.98 Å². The number of nitrogens with zero attached hydrogens (tertiary/aromatic N) is 2. The van der Waals surface area contributed by atoms with Gasteiger partial charge in [-0.2, -0.15) is 0 Å². The van der Waals surface area contributed by atoms with Gasteiger partial charge in [0.2, 0.25) is 5.91 Å². The second kappa shape index (κ2) is 5.52. The van der Waals surface area contributed by atoms with Gasteiger partial charge in [0, 0.05) is 25.6 Å². The molecule has 3 rings (SSSR count). The Labute approximate surface area is 127 Å². The molecule has 2 saturated heterocycles. The van der Waals surface area contributed by atoms with E-state index in [9.17, 15) is 9.59 Å². The van der Waals surface area contributed by atoms with Crippen molar-refractivity contribution in [1.29, 1.82) is 0 Å². The van der Waals surface area contributed by atoms with Crippen LogP contribution >= 0.6 is 11.6 Å². The molecule has 112 valence electrons. The highest BCUT2D eigenvalue weighted by molar-refractivity contribution is 6.29. The fourth-order valence-corrected chi connectivity index (χ4v) is 3.25. The number of halogens is 1. The van der Waals surface area contributed by atoms with Crippen LogP contribution in [0.4, 0.5) is 5.69 Å². The summed E-state index contributed by atoms with van der Waals surface area (Å²) in [4.78, 5) is 29.6. The molecule has 0 bridgehead atoms. The first kappa shape index (κ1) is 14.1. The normalized spacial score (nSPS) is 25.2. The molecule has 1 aromatic heterocycles. The molecule has 21 heavy (non-hydrogen) atoms. The first-order chi connectivity index (χ1) is 10.0. The van der Waals surface area contributed by atoms with E-state index in [4.69, 9.17) is 17.3 Å². The minimum atomic E-state index is -0.118. The van der Waals surface area contributed by atoms with Crippen LogP contribution in [0.3, 0.4) is 0 Å². The number of likely N-dealkylation sites (tertiary alicyclic amines) is 1. The number of carbonyl (C=O) groups is 2. The molecule has 1 aromatic rings. The standard InChI is InChI=1S/C14H17ClN4O2/c15-12-5-9(10(16)6-17-12)14(21)19-4-3-11-8(7-19)1-2-13(20)18-11/h5-6,8,11H,1-4,7,16H2,(H,18,20). The van der Waals surface area contributed by atoms with Crippen LogP contribution in [-0.4, -0.2) is 40.8 Å². The second-order valence-electron chi connectivity index (χ2n) is 5.61. The van der Waals surface area contributed by atoms with Crippen LogP contribution < -0.4 is 11.1 Å². The molecule has 2 unspecified atom stereocenters. The zero-order valence-electron chi connectivity index (χ0n) is 11.5. The van der Waals surface area contributed by atoms with E-state index in [0.717, 1.165) is 12.8 Å². The summed E-state index contributed by atoms with van der Waals surface area (Å²) in [5, 5.41) is 3.26.